The fraction of sp³-hybridized carbons (Fsp3) is 0.316. The third-order valence-corrected chi connectivity index (χ3v) is 5.21. The fourth-order valence-corrected chi connectivity index (χ4v) is 3.59. The van der Waals surface area contributed by atoms with Crippen LogP contribution in [0.25, 0.3) is 0 Å². The summed E-state index contributed by atoms with van der Waals surface area (Å²) in [5.74, 6) is -1.22. The smallest absolute Gasteiger partial charge is 0.332 e. The Balaban J connectivity index is 2.40. The Bertz CT molecular complexity index is 1060. The minimum atomic E-state index is -0.888. The van der Waals surface area contributed by atoms with Gasteiger partial charge in [0.15, 0.2) is 5.78 Å². The van der Waals surface area contributed by atoms with Crippen LogP contribution >= 0.6 is 11.6 Å². The van der Waals surface area contributed by atoms with Crippen LogP contribution in [0.2, 0.25) is 5.02 Å². The zero-order chi connectivity index (χ0) is 19.9. The lowest BCUT2D eigenvalue weighted by Gasteiger charge is -2.26. The van der Waals surface area contributed by atoms with E-state index < -0.39 is 17.2 Å². The van der Waals surface area contributed by atoms with E-state index in [1.807, 2.05) is 0 Å². The van der Waals surface area contributed by atoms with E-state index in [0.29, 0.717) is 23.4 Å². The highest BCUT2D eigenvalue weighted by Crippen LogP contribution is 2.38. The number of ketones is 1. The van der Waals surface area contributed by atoms with Crippen molar-refractivity contribution >= 4 is 23.2 Å². The molecule has 1 atom stereocenters. The summed E-state index contributed by atoms with van der Waals surface area (Å²) in [4.78, 5) is 37.8. The average molecular weight is 390 g/mol. The molecule has 1 aromatic carbocycles. The Hall–Kier alpha value is -2.80. The van der Waals surface area contributed by atoms with Gasteiger partial charge in [-0.1, -0.05) is 23.7 Å². The van der Waals surface area contributed by atoms with Crippen molar-refractivity contribution in [2.24, 2.45) is 14.1 Å². The number of rotatable bonds is 3. The molecule has 3 rings (SSSR count). The van der Waals surface area contributed by atoms with Crippen molar-refractivity contribution in [3.8, 4) is 0 Å². The van der Waals surface area contributed by atoms with E-state index in [1.165, 1.54) is 14.1 Å². The number of hydrogen-bond acceptors (Lipinski definition) is 5. The maximum absolute atomic E-state index is 12.9. The van der Waals surface area contributed by atoms with Crippen molar-refractivity contribution in [2.75, 3.05) is 5.73 Å². The number of Topliss-reactive ketones (excluding diaryl/α,β-unsaturated/α-hetero) is 1. The van der Waals surface area contributed by atoms with E-state index >= 15 is 0 Å². The number of carbonyl (C=O) groups is 1. The number of carbonyl (C=O) groups excluding carboxylic acids is 1. The second-order valence-corrected chi connectivity index (χ2v) is 7.06. The van der Waals surface area contributed by atoms with Crippen LogP contribution in [0.3, 0.4) is 0 Å². The van der Waals surface area contributed by atoms with E-state index in [4.69, 9.17) is 17.3 Å². The van der Waals surface area contributed by atoms with Gasteiger partial charge < -0.3 is 10.8 Å². The molecule has 0 bridgehead atoms. The molecule has 1 aliphatic carbocycles. The number of anilines is 1. The summed E-state index contributed by atoms with van der Waals surface area (Å²) in [6.07, 6.45) is 1.16. The molecule has 3 N–H and O–H groups in total. The van der Waals surface area contributed by atoms with Crippen molar-refractivity contribution in [3.05, 3.63) is 72.6 Å². The number of halogens is 1. The van der Waals surface area contributed by atoms with Gasteiger partial charge in [0.1, 0.15) is 5.82 Å². The van der Waals surface area contributed by atoms with Crippen LogP contribution < -0.4 is 17.0 Å². The van der Waals surface area contributed by atoms with Crippen LogP contribution in [0, 0.1) is 0 Å². The molecule has 0 radical (unpaired) electrons. The second kappa shape index (κ2) is 7.08. The largest absolute Gasteiger partial charge is 0.512 e. The van der Waals surface area contributed by atoms with Crippen LogP contribution in [0.4, 0.5) is 5.82 Å². The third-order valence-electron chi connectivity index (χ3n) is 4.96. The summed E-state index contributed by atoms with van der Waals surface area (Å²) < 4.78 is 2.10. The highest BCUT2D eigenvalue weighted by Gasteiger charge is 2.34. The van der Waals surface area contributed by atoms with E-state index in [0.717, 1.165) is 9.13 Å². The molecule has 27 heavy (non-hydrogen) atoms. The van der Waals surface area contributed by atoms with Gasteiger partial charge in [-0.3, -0.25) is 18.7 Å². The van der Waals surface area contributed by atoms with Crippen LogP contribution in [0.5, 0.6) is 0 Å². The molecule has 0 fully saturated rings. The zero-order valence-corrected chi connectivity index (χ0v) is 15.8. The molecule has 8 heteroatoms. The Morgan fingerprint density at radius 2 is 1.70 bits per heavy atom. The highest BCUT2D eigenvalue weighted by atomic mass is 35.5. The normalized spacial score (nSPS) is 15.9. The molecule has 142 valence electrons. The first kappa shape index (κ1) is 19.0. The minimum absolute atomic E-state index is 0.0401. The molecular weight excluding hydrogens is 370 g/mol. The number of aromatic nitrogens is 2. The first-order valence-electron chi connectivity index (χ1n) is 8.50. The van der Waals surface area contributed by atoms with Crippen LogP contribution in [0.15, 0.2) is 45.2 Å². The third kappa shape index (κ3) is 3.19. The lowest BCUT2D eigenvalue weighted by Crippen LogP contribution is -2.42. The van der Waals surface area contributed by atoms with Gasteiger partial charge in [0.25, 0.3) is 5.56 Å². The molecule has 2 aromatic rings. The van der Waals surface area contributed by atoms with E-state index in [1.54, 1.807) is 24.3 Å². The van der Waals surface area contributed by atoms with Crippen LogP contribution in [-0.4, -0.2) is 20.0 Å². The molecule has 0 spiro atoms. The number of nitrogens with zero attached hydrogens (tertiary/aromatic N) is 2. The van der Waals surface area contributed by atoms with E-state index in [2.05, 4.69) is 0 Å². The summed E-state index contributed by atoms with van der Waals surface area (Å²) in [6.45, 7) is 0. The van der Waals surface area contributed by atoms with Gasteiger partial charge >= 0.3 is 5.69 Å². The molecule has 7 nitrogen and oxygen atoms in total. The molecule has 0 saturated heterocycles. The van der Waals surface area contributed by atoms with Crippen LogP contribution in [0.1, 0.15) is 36.3 Å². The molecule has 1 aliphatic rings. The number of benzene rings is 1. The van der Waals surface area contributed by atoms with E-state index in [9.17, 15) is 19.5 Å². The molecular formula is C19H20ClN3O4. The monoisotopic (exact) mass is 389 g/mol. The molecule has 1 aromatic heterocycles. The summed E-state index contributed by atoms with van der Waals surface area (Å²) in [5, 5.41) is 11.0. The lowest BCUT2D eigenvalue weighted by atomic mass is 9.79. The summed E-state index contributed by atoms with van der Waals surface area (Å²) in [7, 11) is 2.81. The van der Waals surface area contributed by atoms with Crippen molar-refractivity contribution < 1.29 is 9.90 Å². The molecule has 1 heterocycles. The Labute approximate surface area is 160 Å². The van der Waals surface area contributed by atoms with Gasteiger partial charge in [0.05, 0.1) is 11.3 Å². The van der Waals surface area contributed by atoms with Gasteiger partial charge in [-0.25, -0.2) is 4.79 Å². The first-order chi connectivity index (χ1) is 12.7. The lowest BCUT2D eigenvalue weighted by molar-refractivity contribution is -0.116. The number of nitrogens with two attached hydrogens (primary N) is 1. The van der Waals surface area contributed by atoms with Gasteiger partial charge in [0.2, 0.25) is 0 Å². The second-order valence-electron chi connectivity index (χ2n) is 6.63. The molecule has 0 saturated carbocycles. The molecule has 0 aliphatic heterocycles. The maximum Gasteiger partial charge on any atom is 0.332 e. The minimum Gasteiger partial charge on any atom is -0.512 e. The van der Waals surface area contributed by atoms with Crippen molar-refractivity contribution in [3.63, 3.8) is 0 Å². The summed E-state index contributed by atoms with van der Waals surface area (Å²) in [5.41, 5.74) is 5.77. The summed E-state index contributed by atoms with van der Waals surface area (Å²) in [6, 6.07) is 6.63. The molecule has 0 amide bonds. The van der Waals surface area contributed by atoms with Crippen LogP contribution in [-0.2, 0) is 18.9 Å². The predicted molar refractivity (Wildman–Crippen MR) is 103 cm³/mol. The first-order valence-corrected chi connectivity index (χ1v) is 8.87. The number of aliphatic hydroxyl groups excluding tert-OH is 1. The Kier molecular flexibility index (Phi) is 4.97. The zero-order valence-electron chi connectivity index (χ0n) is 15.0. The van der Waals surface area contributed by atoms with Gasteiger partial charge in [-0.15, -0.1) is 0 Å². The Morgan fingerprint density at radius 3 is 2.30 bits per heavy atom. The fourth-order valence-electron chi connectivity index (χ4n) is 3.46. The van der Waals surface area contributed by atoms with Crippen molar-refractivity contribution in [1.82, 2.24) is 9.13 Å². The number of allylic oxidation sites excluding steroid dienone is 2. The number of hydrogen-bond donors (Lipinski definition) is 2. The predicted octanol–water partition coefficient (Wildman–Crippen LogP) is 2.02. The topological polar surface area (TPSA) is 107 Å². The van der Waals surface area contributed by atoms with Gasteiger partial charge in [-0.05, 0) is 24.1 Å². The average Bonchev–Trinajstić information content (AvgIpc) is 2.64. The van der Waals surface area contributed by atoms with Crippen molar-refractivity contribution in [2.45, 2.75) is 25.2 Å². The highest BCUT2D eigenvalue weighted by molar-refractivity contribution is 6.30. The van der Waals surface area contributed by atoms with E-state index in [-0.39, 0.29) is 34.9 Å². The van der Waals surface area contributed by atoms with Gasteiger partial charge in [0, 0.05) is 43.5 Å². The number of aliphatic hydroxyl groups is 1. The summed E-state index contributed by atoms with van der Waals surface area (Å²) >= 11 is 5.97. The quantitative estimate of drug-likeness (QED) is 0.835. The number of nitrogen functional groups attached to an aromatic ring is 1. The molecule has 1 unspecified atom stereocenters. The van der Waals surface area contributed by atoms with Crippen molar-refractivity contribution in [1.29, 1.82) is 0 Å². The Morgan fingerprint density at radius 1 is 1.07 bits per heavy atom. The SMILES string of the molecule is Cn1c(N)c(C(C2=C(O)CCCC2=O)c2ccc(Cl)cc2)c(=O)n(C)c1=O. The standard InChI is InChI=1S/C19H20ClN3O4/c1-22-17(21)16(18(26)23(2)19(22)27)14(10-6-8-11(20)9-7-10)15-12(24)4-3-5-13(15)25/h6-9,14,24H,3-5,21H2,1-2H3. The maximum atomic E-state index is 12.9. The van der Waals surface area contributed by atoms with Gasteiger partial charge in [-0.2, -0.15) is 0 Å².